The Morgan fingerprint density at radius 2 is 2.00 bits per heavy atom. The second-order valence-corrected chi connectivity index (χ2v) is 8.68. The smallest absolute Gasteiger partial charge is 0.152 e. The molecule has 1 aromatic rings. The monoisotopic (exact) mass is 296 g/mol. The van der Waals surface area contributed by atoms with Crippen molar-refractivity contribution in [2.75, 3.05) is 5.75 Å². The van der Waals surface area contributed by atoms with Crippen molar-refractivity contribution < 1.29 is 13.5 Å². The molecule has 1 N–H and O–H groups in total. The predicted octanol–water partition coefficient (Wildman–Crippen LogP) is 2.89. The highest BCUT2D eigenvalue weighted by Gasteiger charge is 2.27. The lowest BCUT2D eigenvalue weighted by molar-refractivity contribution is 0.103. The van der Waals surface area contributed by atoms with E-state index in [0.29, 0.717) is 6.42 Å². The van der Waals surface area contributed by atoms with Crippen LogP contribution in [0.1, 0.15) is 50.3 Å². The highest BCUT2D eigenvalue weighted by molar-refractivity contribution is 7.91. The maximum atomic E-state index is 11.9. The van der Waals surface area contributed by atoms with Crippen molar-refractivity contribution in [3.8, 4) is 0 Å². The normalized spacial score (nSPS) is 23.4. The van der Waals surface area contributed by atoms with Crippen molar-refractivity contribution in [1.29, 1.82) is 0 Å². The largest absolute Gasteiger partial charge is 0.388 e. The van der Waals surface area contributed by atoms with Crippen LogP contribution in [0, 0.1) is 5.92 Å². The highest BCUT2D eigenvalue weighted by Crippen LogP contribution is 2.35. The van der Waals surface area contributed by atoms with Crippen molar-refractivity contribution in [2.24, 2.45) is 5.92 Å². The quantitative estimate of drug-likeness (QED) is 0.869. The van der Waals surface area contributed by atoms with E-state index >= 15 is 0 Å². The van der Waals surface area contributed by atoms with Crippen LogP contribution in [0.25, 0.3) is 0 Å². The summed E-state index contributed by atoms with van der Waals surface area (Å²) in [6, 6.07) is 7.96. The van der Waals surface area contributed by atoms with E-state index in [4.69, 9.17) is 0 Å². The molecule has 0 aliphatic heterocycles. The standard InChI is InChI=1S/C16H24O3S/c1-12(2)20(18,19)11-10-14-8-5-7-13-6-3-4-9-15(13)16(14)17/h3-4,6,9,12,14,16-17H,5,7-8,10-11H2,1-2H3. The molecule has 0 aromatic heterocycles. The van der Waals surface area contributed by atoms with E-state index in [-0.39, 0.29) is 16.9 Å². The predicted molar refractivity (Wildman–Crippen MR) is 81.4 cm³/mol. The van der Waals surface area contributed by atoms with E-state index < -0.39 is 15.9 Å². The number of aliphatic hydroxyl groups is 1. The Kier molecular flexibility index (Phi) is 4.86. The molecule has 3 nitrogen and oxygen atoms in total. The van der Waals surface area contributed by atoms with E-state index in [9.17, 15) is 13.5 Å². The fourth-order valence-electron chi connectivity index (χ4n) is 2.87. The molecule has 0 bridgehead atoms. The highest BCUT2D eigenvalue weighted by atomic mass is 32.2. The second-order valence-electron chi connectivity index (χ2n) is 6.00. The number of rotatable bonds is 4. The number of hydrogen-bond donors (Lipinski definition) is 1. The first kappa shape index (κ1) is 15.5. The first-order valence-electron chi connectivity index (χ1n) is 7.39. The molecule has 20 heavy (non-hydrogen) atoms. The Morgan fingerprint density at radius 3 is 2.70 bits per heavy atom. The van der Waals surface area contributed by atoms with Gasteiger partial charge in [0.05, 0.1) is 17.1 Å². The lowest BCUT2D eigenvalue weighted by Crippen LogP contribution is -2.22. The first-order chi connectivity index (χ1) is 9.42. The Morgan fingerprint density at radius 1 is 1.30 bits per heavy atom. The van der Waals surface area contributed by atoms with Crippen molar-refractivity contribution >= 4 is 9.84 Å². The molecule has 0 saturated carbocycles. The van der Waals surface area contributed by atoms with Crippen LogP contribution in [0.4, 0.5) is 0 Å². The SMILES string of the molecule is CC(C)S(=O)(=O)CCC1CCCc2ccccc2C1O. The summed E-state index contributed by atoms with van der Waals surface area (Å²) < 4.78 is 23.9. The zero-order valence-corrected chi connectivity index (χ0v) is 13.1. The average Bonchev–Trinajstić information content (AvgIpc) is 2.57. The molecule has 0 fully saturated rings. The molecule has 2 atom stereocenters. The summed E-state index contributed by atoms with van der Waals surface area (Å²) in [5.41, 5.74) is 2.19. The van der Waals surface area contributed by atoms with Gasteiger partial charge in [0.15, 0.2) is 9.84 Å². The summed E-state index contributed by atoms with van der Waals surface area (Å²) >= 11 is 0. The molecule has 112 valence electrons. The number of benzene rings is 1. The van der Waals surface area contributed by atoms with E-state index in [2.05, 4.69) is 6.07 Å². The van der Waals surface area contributed by atoms with Gasteiger partial charge in [-0.2, -0.15) is 0 Å². The minimum absolute atomic E-state index is 0.0483. The number of sulfone groups is 1. The first-order valence-corrected chi connectivity index (χ1v) is 9.11. The number of aliphatic hydroxyl groups excluding tert-OH is 1. The molecule has 0 amide bonds. The van der Waals surface area contributed by atoms with Crippen LogP contribution in [-0.4, -0.2) is 24.5 Å². The van der Waals surface area contributed by atoms with Gasteiger partial charge in [-0.05, 0) is 56.6 Å². The molecule has 2 rings (SSSR count). The van der Waals surface area contributed by atoms with Crippen LogP contribution in [0.15, 0.2) is 24.3 Å². The minimum Gasteiger partial charge on any atom is -0.388 e. The lowest BCUT2D eigenvalue weighted by atomic mass is 9.91. The van der Waals surface area contributed by atoms with Crippen molar-refractivity contribution in [3.05, 3.63) is 35.4 Å². The Bertz CT molecular complexity index is 549. The van der Waals surface area contributed by atoms with Gasteiger partial charge < -0.3 is 5.11 Å². The van der Waals surface area contributed by atoms with Gasteiger partial charge in [0.2, 0.25) is 0 Å². The summed E-state index contributed by atoms with van der Waals surface area (Å²) in [5, 5.41) is 10.2. The summed E-state index contributed by atoms with van der Waals surface area (Å²) in [7, 11) is -3.02. The second kappa shape index (κ2) is 6.27. The van der Waals surface area contributed by atoms with Gasteiger partial charge in [0, 0.05) is 0 Å². The molecular weight excluding hydrogens is 272 g/mol. The number of fused-ring (bicyclic) bond motifs is 1. The summed E-state index contributed by atoms with van der Waals surface area (Å²) in [6.07, 6.45) is 2.90. The van der Waals surface area contributed by atoms with Crippen LogP contribution in [0.3, 0.4) is 0 Å². The molecule has 1 aliphatic rings. The third-order valence-corrected chi connectivity index (χ3v) is 6.57. The summed E-state index contributed by atoms with van der Waals surface area (Å²) in [6.45, 7) is 3.43. The van der Waals surface area contributed by atoms with Crippen LogP contribution >= 0.6 is 0 Å². The third-order valence-electron chi connectivity index (χ3n) is 4.33. The number of aryl methyl sites for hydroxylation is 1. The minimum atomic E-state index is -3.02. The van der Waals surface area contributed by atoms with Gasteiger partial charge in [0.1, 0.15) is 0 Å². The molecular formula is C16H24O3S. The van der Waals surface area contributed by atoms with E-state index in [0.717, 1.165) is 24.8 Å². The van der Waals surface area contributed by atoms with Crippen LogP contribution < -0.4 is 0 Å². The zero-order valence-electron chi connectivity index (χ0n) is 12.2. The average molecular weight is 296 g/mol. The molecule has 0 saturated heterocycles. The molecule has 1 aromatic carbocycles. The van der Waals surface area contributed by atoms with Crippen molar-refractivity contribution in [2.45, 2.75) is 50.9 Å². The fraction of sp³-hybridized carbons (Fsp3) is 0.625. The van der Waals surface area contributed by atoms with Gasteiger partial charge in [-0.3, -0.25) is 0 Å². The van der Waals surface area contributed by atoms with Crippen LogP contribution in [0.2, 0.25) is 0 Å². The van der Waals surface area contributed by atoms with Gasteiger partial charge in [0.25, 0.3) is 0 Å². The Hall–Kier alpha value is -0.870. The van der Waals surface area contributed by atoms with Crippen molar-refractivity contribution in [3.63, 3.8) is 0 Å². The molecule has 0 spiro atoms. The van der Waals surface area contributed by atoms with Crippen LogP contribution in [-0.2, 0) is 16.3 Å². The van der Waals surface area contributed by atoms with Gasteiger partial charge in [-0.1, -0.05) is 24.3 Å². The molecule has 0 radical (unpaired) electrons. The maximum absolute atomic E-state index is 11.9. The van der Waals surface area contributed by atoms with Crippen molar-refractivity contribution in [1.82, 2.24) is 0 Å². The van der Waals surface area contributed by atoms with Gasteiger partial charge in [-0.25, -0.2) is 8.42 Å². The number of hydrogen-bond acceptors (Lipinski definition) is 3. The Balaban J connectivity index is 2.10. The summed E-state index contributed by atoms with van der Waals surface area (Å²) in [4.78, 5) is 0. The molecule has 1 aliphatic carbocycles. The summed E-state index contributed by atoms with van der Waals surface area (Å²) in [5.74, 6) is 0.223. The third kappa shape index (κ3) is 3.41. The van der Waals surface area contributed by atoms with E-state index in [1.165, 1.54) is 5.56 Å². The van der Waals surface area contributed by atoms with Gasteiger partial charge >= 0.3 is 0 Å². The zero-order chi connectivity index (χ0) is 14.8. The maximum Gasteiger partial charge on any atom is 0.152 e. The Labute approximate surface area is 121 Å². The fourth-order valence-corrected chi connectivity index (χ4v) is 3.97. The molecule has 0 heterocycles. The van der Waals surface area contributed by atoms with E-state index in [1.807, 2.05) is 18.2 Å². The van der Waals surface area contributed by atoms with Crippen LogP contribution in [0.5, 0.6) is 0 Å². The van der Waals surface area contributed by atoms with E-state index in [1.54, 1.807) is 13.8 Å². The topological polar surface area (TPSA) is 54.4 Å². The lowest BCUT2D eigenvalue weighted by Gasteiger charge is -2.22. The molecule has 2 unspecified atom stereocenters. The molecule has 4 heteroatoms. The van der Waals surface area contributed by atoms with Gasteiger partial charge in [-0.15, -0.1) is 0 Å².